The molecule has 1 heterocycles. The van der Waals surface area contributed by atoms with E-state index in [-0.39, 0.29) is 17.9 Å². The van der Waals surface area contributed by atoms with Gasteiger partial charge in [-0.25, -0.2) is 0 Å². The minimum Gasteiger partial charge on any atom is -0.353 e. The third kappa shape index (κ3) is 3.00. The average Bonchev–Trinajstić information content (AvgIpc) is 2.40. The molecule has 1 aliphatic heterocycles. The highest BCUT2D eigenvalue weighted by atomic mass is 79.9. The van der Waals surface area contributed by atoms with Gasteiger partial charge in [0.2, 0.25) is 5.91 Å². The van der Waals surface area contributed by atoms with Gasteiger partial charge in [-0.15, -0.1) is 0 Å². The maximum atomic E-state index is 12.6. The normalized spacial score (nSPS) is 19.2. The molecule has 0 spiro atoms. The van der Waals surface area contributed by atoms with Crippen LogP contribution >= 0.6 is 31.9 Å². The van der Waals surface area contributed by atoms with Crippen LogP contribution in [0.15, 0.2) is 27.1 Å². The van der Waals surface area contributed by atoms with Crippen molar-refractivity contribution in [1.29, 1.82) is 0 Å². The van der Waals surface area contributed by atoms with E-state index in [1.807, 2.05) is 19.1 Å². The number of carbonyl (C=O) groups excluding carboxylic acids is 2. The largest absolute Gasteiger partial charge is 0.353 e. The molecule has 0 aromatic heterocycles. The second kappa shape index (κ2) is 6.05. The van der Waals surface area contributed by atoms with Gasteiger partial charge in [-0.05, 0) is 40.5 Å². The van der Waals surface area contributed by atoms with Crippen molar-refractivity contribution in [1.82, 2.24) is 10.2 Å². The number of nitrogens with zero attached hydrogens (tertiary/aromatic N) is 1. The fourth-order valence-electron chi connectivity index (χ4n) is 2.18. The van der Waals surface area contributed by atoms with Crippen molar-refractivity contribution in [2.75, 3.05) is 13.1 Å². The second-order valence-corrected chi connectivity index (χ2v) is 6.11. The highest BCUT2D eigenvalue weighted by molar-refractivity contribution is 9.11. The van der Waals surface area contributed by atoms with E-state index in [0.29, 0.717) is 25.1 Å². The van der Waals surface area contributed by atoms with E-state index in [4.69, 9.17) is 0 Å². The molecule has 1 unspecified atom stereocenters. The highest BCUT2D eigenvalue weighted by Gasteiger charge is 2.32. The summed E-state index contributed by atoms with van der Waals surface area (Å²) in [7, 11) is 0. The van der Waals surface area contributed by atoms with E-state index in [9.17, 15) is 9.59 Å². The Kier molecular flexibility index (Phi) is 4.62. The van der Waals surface area contributed by atoms with Crippen LogP contribution < -0.4 is 5.32 Å². The molecule has 102 valence electrons. The van der Waals surface area contributed by atoms with Crippen molar-refractivity contribution in [2.45, 2.75) is 19.4 Å². The Hall–Kier alpha value is -0.880. The summed E-state index contributed by atoms with van der Waals surface area (Å²) >= 11 is 6.75. The molecule has 1 aromatic carbocycles. The molecule has 1 atom stereocenters. The average molecular weight is 390 g/mol. The molecule has 19 heavy (non-hydrogen) atoms. The van der Waals surface area contributed by atoms with Crippen molar-refractivity contribution in [2.24, 2.45) is 0 Å². The monoisotopic (exact) mass is 388 g/mol. The number of rotatable bonds is 2. The Bertz CT molecular complexity index is 519. The molecule has 6 heteroatoms. The first-order valence-corrected chi connectivity index (χ1v) is 7.67. The van der Waals surface area contributed by atoms with E-state index in [2.05, 4.69) is 37.2 Å². The van der Waals surface area contributed by atoms with Crippen LogP contribution in [0.5, 0.6) is 0 Å². The fraction of sp³-hybridized carbons (Fsp3) is 0.385. The summed E-state index contributed by atoms with van der Waals surface area (Å²) in [6.07, 6.45) is 0.614. The van der Waals surface area contributed by atoms with Gasteiger partial charge in [0, 0.05) is 22.0 Å². The summed E-state index contributed by atoms with van der Waals surface area (Å²) in [5.41, 5.74) is 0.572. The molecular weight excluding hydrogens is 376 g/mol. The summed E-state index contributed by atoms with van der Waals surface area (Å²) in [5.74, 6) is -0.192. The summed E-state index contributed by atoms with van der Waals surface area (Å²) in [6.45, 7) is 2.96. The molecule has 0 saturated carbocycles. The molecule has 0 bridgehead atoms. The number of amides is 2. The van der Waals surface area contributed by atoms with E-state index in [1.165, 1.54) is 0 Å². The molecular formula is C13H14Br2N2O2. The number of hydrogen-bond acceptors (Lipinski definition) is 2. The number of halogens is 2. The Morgan fingerprint density at radius 2 is 2.21 bits per heavy atom. The van der Waals surface area contributed by atoms with Gasteiger partial charge in [0.25, 0.3) is 5.91 Å². The number of nitrogens with one attached hydrogen (secondary N) is 1. The van der Waals surface area contributed by atoms with E-state index in [0.717, 1.165) is 8.95 Å². The molecule has 1 aliphatic rings. The molecule has 2 rings (SSSR count). The number of benzene rings is 1. The van der Waals surface area contributed by atoms with Crippen LogP contribution in [0.2, 0.25) is 0 Å². The number of hydrogen-bond donors (Lipinski definition) is 1. The number of piperazine rings is 1. The van der Waals surface area contributed by atoms with Crippen molar-refractivity contribution in [3.8, 4) is 0 Å². The smallest absolute Gasteiger partial charge is 0.255 e. The van der Waals surface area contributed by atoms with Crippen molar-refractivity contribution >= 4 is 43.7 Å². The van der Waals surface area contributed by atoms with Crippen LogP contribution in [0.4, 0.5) is 0 Å². The predicted octanol–water partition coefficient (Wildman–Crippen LogP) is 2.56. The van der Waals surface area contributed by atoms with Crippen LogP contribution in [0, 0.1) is 0 Å². The fourth-order valence-corrected chi connectivity index (χ4v) is 2.96. The molecule has 0 aliphatic carbocycles. The quantitative estimate of drug-likeness (QED) is 0.844. The van der Waals surface area contributed by atoms with Crippen molar-refractivity contribution in [3.63, 3.8) is 0 Å². The standard InChI is InChI=1S/C13H14Br2N2O2/c1-2-11-12(18)16-5-6-17(11)13(19)9-7-8(14)3-4-10(9)15/h3-4,7,11H,2,5-6H2,1H3,(H,16,18). The highest BCUT2D eigenvalue weighted by Crippen LogP contribution is 2.24. The molecule has 1 aromatic rings. The van der Waals surface area contributed by atoms with Crippen LogP contribution in [-0.4, -0.2) is 35.8 Å². The summed E-state index contributed by atoms with van der Waals surface area (Å²) in [6, 6.07) is 5.07. The zero-order valence-corrected chi connectivity index (χ0v) is 13.6. The zero-order valence-electron chi connectivity index (χ0n) is 10.5. The Balaban J connectivity index is 2.32. The lowest BCUT2D eigenvalue weighted by atomic mass is 10.1. The van der Waals surface area contributed by atoms with Gasteiger partial charge in [0.1, 0.15) is 6.04 Å². The lowest BCUT2D eigenvalue weighted by molar-refractivity contribution is -0.127. The van der Waals surface area contributed by atoms with E-state index in [1.54, 1.807) is 11.0 Å². The van der Waals surface area contributed by atoms with Gasteiger partial charge in [0.15, 0.2) is 0 Å². The Morgan fingerprint density at radius 1 is 1.47 bits per heavy atom. The first-order valence-electron chi connectivity index (χ1n) is 6.08. The molecule has 1 fully saturated rings. The predicted molar refractivity (Wildman–Crippen MR) is 80.0 cm³/mol. The third-order valence-corrected chi connectivity index (χ3v) is 4.32. The topological polar surface area (TPSA) is 49.4 Å². The van der Waals surface area contributed by atoms with Crippen LogP contribution in [0.25, 0.3) is 0 Å². The minimum absolute atomic E-state index is 0.0757. The van der Waals surface area contributed by atoms with E-state index < -0.39 is 0 Å². The summed E-state index contributed by atoms with van der Waals surface area (Å²) in [5, 5.41) is 2.79. The maximum Gasteiger partial charge on any atom is 0.255 e. The van der Waals surface area contributed by atoms with Crippen molar-refractivity contribution in [3.05, 3.63) is 32.7 Å². The zero-order chi connectivity index (χ0) is 14.0. The maximum absolute atomic E-state index is 12.6. The van der Waals surface area contributed by atoms with Gasteiger partial charge < -0.3 is 10.2 Å². The Morgan fingerprint density at radius 3 is 2.89 bits per heavy atom. The first kappa shape index (κ1) is 14.5. The summed E-state index contributed by atoms with van der Waals surface area (Å²) < 4.78 is 1.58. The minimum atomic E-state index is -0.382. The second-order valence-electron chi connectivity index (χ2n) is 4.34. The lowest BCUT2D eigenvalue weighted by Crippen LogP contribution is -2.56. The molecule has 0 radical (unpaired) electrons. The van der Waals surface area contributed by atoms with E-state index >= 15 is 0 Å². The summed E-state index contributed by atoms with van der Waals surface area (Å²) in [4.78, 5) is 26.0. The third-order valence-electron chi connectivity index (χ3n) is 3.14. The van der Waals surface area contributed by atoms with Crippen LogP contribution in [0.3, 0.4) is 0 Å². The van der Waals surface area contributed by atoms with Crippen molar-refractivity contribution < 1.29 is 9.59 Å². The van der Waals surface area contributed by atoms with Gasteiger partial charge in [-0.3, -0.25) is 9.59 Å². The van der Waals surface area contributed by atoms with Crippen LogP contribution in [0.1, 0.15) is 23.7 Å². The SMILES string of the molecule is CCC1C(=O)NCCN1C(=O)c1cc(Br)ccc1Br. The van der Waals surface area contributed by atoms with Gasteiger partial charge in [-0.2, -0.15) is 0 Å². The van der Waals surface area contributed by atoms with Crippen LogP contribution in [-0.2, 0) is 4.79 Å². The first-order chi connectivity index (χ1) is 9.04. The Labute approximate surface area is 128 Å². The number of carbonyl (C=O) groups is 2. The molecule has 2 amide bonds. The molecule has 1 saturated heterocycles. The van der Waals surface area contributed by atoms with Gasteiger partial charge in [-0.1, -0.05) is 22.9 Å². The molecule has 1 N–H and O–H groups in total. The molecule has 4 nitrogen and oxygen atoms in total. The van der Waals surface area contributed by atoms with Gasteiger partial charge in [0.05, 0.1) is 5.56 Å². The van der Waals surface area contributed by atoms with Gasteiger partial charge >= 0.3 is 0 Å². The lowest BCUT2D eigenvalue weighted by Gasteiger charge is -2.34.